The molecule has 1 aromatic rings. The highest BCUT2D eigenvalue weighted by atomic mass is 35.5. The van der Waals surface area contributed by atoms with Gasteiger partial charge in [-0.1, -0.05) is 36.5 Å². The minimum atomic E-state index is -0.815. The van der Waals surface area contributed by atoms with Crippen molar-refractivity contribution in [3.05, 3.63) is 33.8 Å². The first-order valence-electron chi connectivity index (χ1n) is 6.33. The number of carbonyl (C=O) groups excluding carboxylic acids is 1. The van der Waals surface area contributed by atoms with Crippen molar-refractivity contribution in [1.82, 2.24) is 0 Å². The van der Waals surface area contributed by atoms with Crippen molar-refractivity contribution in [2.75, 3.05) is 6.61 Å². The van der Waals surface area contributed by atoms with Gasteiger partial charge >= 0.3 is 5.97 Å². The second-order valence-electron chi connectivity index (χ2n) is 4.29. The van der Waals surface area contributed by atoms with Crippen molar-refractivity contribution in [1.29, 1.82) is 0 Å². The lowest BCUT2D eigenvalue weighted by Crippen LogP contribution is -2.08. The van der Waals surface area contributed by atoms with Crippen molar-refractivity contribution in [3.63, 3.8) is 0 Å². The van der Waals surface area contributed by atoms with E-state index in [1.54, 1.807) is 18.2 Å². The van der Waals surface area contributed by atoms with Gasteiger partial charge in [0.2, 0.25) is 0 Å². The van der Waals surface area contributed by atoms with Gasteiger partial charge in [-0.25, -0.2) is 0 Å². The van der Waals surface area contributed by atoms with Crippen LogP contribution in [0.25, 0.3) is 0 Å². The zero-order valence-electron chi connectivity index (χ0n) is 10.9. The molecule has 1 atom stereocenters. The molecule has 0 aliphatic rings. The minimum Gasteiger partial charge on any atom is -0.466 e. The van der Waals surface area contributed by atoms with Gasteiger partial charge in [0.25, 0.3) is 0 Å². The van der Waals surface area contributed by atoms with Gasteiger partial charge in [-0.3, -0.25) is 4.79 Å². The Morgan fingerprint density at radius 3 is 2.84 bits per heavy atom. The quantitative estimate of drug-likeness (QED) is 0.608. The highest BCUT2D eigenvalue weighted by Crippen LogP contribution is 2.28. The average Bonchev–Trinajstić information content (AvgIpc) is 2.39. The molecule has 0 aromatic heterocycles. The molecule has 0 saturated carbocycles. The first kappa shape index (κ1) is 16.3. The molecule has 5 heteroatoms. The van der Waals surface area contributed by atoms with E-state index in [4.69, 9.17) is 27.9 Å². The predicted molar refractivity (Wildman–Crippen MR) is 76.5 cm³/mol. The number of aliphatic hydroxyl groups is 1. The third-order valence-electron chi connectivity index (χ3n) is 2.70. The van der Waals surface area contributed by atoms with Crippen LogP contribution in [0, 0.1) is 0 Å². The number of hydrogen-bond donors (Lipinski definition) is 1. The van der Waals surface area contributed by atoms with Crippen molar-refractivity contribution in [2.45, 2.75) is 38.7 Å². The Morgan fingerprint density at radius 2 is 2.16 bits per heavy atom. The third-order valence-corrected chi connectivity index (χ3v) is 3.28. The van der Waals surface area contributed by atoms with Crippen LogP contribution in [-0.2, 0) is 9.53 Å². The molecule has 0 heterocycles. The number of ether oxygens (including phenoxy) is 1. The molecular formula is C14H18Cl2O3. The summed E-state index contributed by atoms with van der Waals surface area (Å²) < 4.78 is 5.01. The highest BCUT2D eigenvalue weighted by molar-refractivity contribution is 6.33. The summed E-state index contributed by atoms with van der Waals surface area (Å²) in [6.07, 6.45) is 1.45. The third kappa shape index (κ3) is 5.81. The van der Waals surface area contributed by atoms with Gasteiger partial charge in [-0.2, -0.15) is 0 Å². The van der Waals surface area contributed by atoms with Gasteiger partial charge < -0.3 is 9.84 Å². The van der Waals surface area contributed by atoms with Crippen LogP contribution in [0.5, 0.6) is 0 Å². The summed E-state index contributed by atoms with van der Waals surface area (Å²) in [5.41, 5.74) is 0.538. The number of hydrogen-bond acceptors (Lipinski definition) is 3. The van der Waals surface area contributed by atoms with Crippen LogP contribution in [0.1, 0.15) is 44.3 Å². The highest BCUT2D eigenvalue weighted by Gasteiger charge is 2.14. The van der Waals surface area contributed by atoms with Crippen molar-refractivity contribution < 1.29 is 14.6 Å². The number of halogens is 2. The van der Waals surface area contributed by atoms with E-state index in [1.807, 2.05) is 6.92 Å². The van der Waals surface area contributed by atoms with Gasteiger partial charge in [0.05, 0.1) is 12.7 Å². The summed E-state index contributed by atoms with van der Waals surface area (Å²) in [5.74, 6) is -0.300. The van der Waals surface area contributed by atoms with Crippen LogP contribution in [-0.4, -0.2) is 17.7 Å². The van der Waals surface area contributed by atoms with E-state index in [-0.39, 0.29) is 18.8 Å². The van der Waals surface area contributed by atoms with Gasteiger partial charge in [0.1, 0.15) is 0 Å². The maximum absolute atomic E-state index is 11.4. The Balaban J connectivity index is 2.44. The maximum atomic E-state index is 11.4. The monoisotopic (exact) mass is 304 g/mol. The molecule has 106 valence electrons. The summed E-state index contributed by atoms with van der Waals surface area (Å²) >= 11 is 11.8. The zero-order chi connectivity index (χ0) is 14.3. The van der Waals surface area contributed by atoms with Crippen LogP contribution in [0.15, 0.2) is 18.2 Å². The second kappa shape index (κ2) is 8.41. The normalized spacial score (nSPS) is 12.2. The molecule has 19 heavy (non-hydrogen) atoms. The molecule has 1 unspecified atom stereocenters. The van der Waals surface area contributed by atoms with E-state index in [9.17, 15) is 9.90 Å². The summed E-state index contributed by atoms with van der Waals surface area (Å²) in [6.45, 7) is 2.46. The van der Waals surface area contributed by atoms with Crippen molar-refractivity contribution >= 4 is 29.2 Å². The number of unbranched alkanes of at least 4 members (excludes halogenated alkanes) is 1. The van der Waals surface area contributed by atoms with Crippen LogP contribution in [0.2, 0.25) is 10.0 Å². The Hall–Kier alpha value is -0.770. The lowest BCUT2D eigenvalue weighted by atomic mass is 10.1. The lowest BCUT2D eigenvalue weighted by Gasteiger charge is -2.12. The molecule has 0 fully saturated rings. The van der Waals surface area contributed by atoms with Gasteiger partial charge in [0, 0.05) is 22.0 Å². The van der Waals surface area contributed by atoms with E-state index in [0.717, 1.165) is 12.8 Å². The topological polar surface area (TPSA) is 46.5 Å². The van der Waals surface area contributed by atoms with E-state index in [2.05, 4.69) is 0 Å². The zero-order valence-corrected chi connectivity index (χ0v) is 12.4. The summed E-state index contributed by atoms with van der Waals surface area (Å²) in [5, 5.41) is 10.9. The SMILES string of the molecule is CCCCOC(=O)CCC(O)c1cc(Cl)ccc1Cl. The summed E-state index contributed by atoms with van der Waals surface area (Å²) in [4.78, 5) is 11.4. The molecule has 0 saturated heterocycles. The second-order valence-corrected chi connectivity index (χ2v) is 5.14. The molecule has 1 rings (SSSR count). The molecule has 1 N–H and O–H groups in total. The van der Waals surface area contributed by atoms with Crippen molar-refractivity contribution in [3.8, 4) is 0 Å². The molecule has 1 aromatic carbocycles. The number of benzene rings is 1. The first-order chi connectivity index (χ1) is 9.04. The Bertz CT molecular complexity index is 421. The summed E-state index contributed by atoms with van der Waals surface area (Å²) in [6, 6.07) is 4.89. The Kier molecular flexibility index (Phi) is 7.21. The molecule has 0 radical (unpaired) electrons. The number of esters is 1. The summed E-state index contributed by atoms with van der Waals surface area (Å²) in [7, 11) is 0. The average molecular weight is 305 g/mol. The number of aliphatic hydroxyl groups excluding tert-OH is 1. The Morgan fingerprint density at radius 1 is 1.42 bits per heavy atom. The maximum Gasteiger partial charge on any atom is 0.305 e. The smallest absolute Gasteiger partial charge is 0.305 e. The Labute approximate surface area is 123 Å². The number of rotatable bonds is 7. The van der Waals surface area contributed by atoms with E-state index in [1.165, 1.54) is 0 Å². The van der Waals surface area contributed by atoms with Crippen LogP contribution in [0.3, 0.4) is 0 Å². The molecule has 0 spiro atoms. The standard InChI is InChI=1S/C14H18Cl2O3/c1-2-3-8-19-14(18)7-6-13(17)11-9-10(15)4-5-12(11)16/h4-5,9,13,17H,2-3,6-8H2,1H3. The first-order valence-corrected chi connectivity index (χ1v) is 7.08. The fraction of sp³-hybridized carbons (Fsp3) is 0.500. The fourth-order valence-corrected chi connectivity index (χ4v) is 2.01. The molecule has 0 bridgehead atoms. The molecule has 3 nitrogen and oxygen atoms in total. The largest absolute Gasteiger partial charge is 0.466 e. The molecule has 0 aliphatic carbocycles. The van der Waals surface area contributed by atoms with Crippen LogP contribution in [0.4, 0.5) is 0 Å². The van der Waals surface area contributed by atoms with Crippen LogP contribution >= 0.6 is 23.2 Å². The predicted octanol–water partition coefficient (Wildman–Crippen LogP) is 4.15. The molecule has 0 aliphatic heterocycles. The van der Waals surface area contributed by atoms with Crippen molar-refractivity contribution in [2.24, 2.45) is 0 Å². The van der Waals surface area contributed by atoms with Gasteiger partial charge in [-0.05, 0) is 31.0 Å². The molecular weight excluding hydrogens is 287 g/mol. The number of carbonyl (C=O) groups is 1. The van der Waals surface area contributed by atoms with E-state index >= 15 is 0 Å². The fourth-order valence-electron chi connectivity index (χ4n) is 1.58. The van der Waals surface area contributed by atoms with Crippen LogP contribution < -0.4 is 0 Å². The van der Waals surface area contributed by atoms with Gasteiger partial charge in [-0.15, -0.1) is 0 Å². The van der Waals surface area contributed by atoms with E-state index < -0.39 is 6.10 Å². The minimum absolute atomic E-state index is 0.160. The van der Waals surface area contributed by atoms with Gasteiger partial charge in [0.15, 0.2) is 0 Å². The lowest BCUT2D eigenvalue weighted by molar-refractivity contribution is -0.144. The van der Waals surface area contributed by atoms with E-state index in [0.29, 0.717) is 22.2 Å². The molecule has 0 amide bonds.